The summed E-state index contributed by atoms with van der Waals surface area (Å²) in [4.78, 5) is 47.7. The molecule has 0 unspecified atom stereocenters. The van der Waals surface area contributed by atoms with Crippen molar-refractivity contribution in [1.29, 1.82) is 0 Å². The van der Waals surface area contributed by atoms with E-state index >= 15 is 0 Å². The normalized spacial score (nSPS) is 12.9. The highest BCUT2D eigenvalue weighted by Gasteiger charge is 2.34. The summed E-state index contributed by atoms with van der Waals surface area (Å²) in [6.45, 7) is 0.204. The molecule has 3 rings (SSSR count). The van der Waals surface area contributed by atoms with Crippen LogP contribution in [0.1, 0.15) is 33.6 Å². The first-order chi connectivity index (χ1) is 12.5. The largest absolute Gasteiger partial charge is 0.347 e. The third-order valence-corrected chi connectivity index (χ3v) is 3.99. The van der Waals surface area contributed by atoms with E-state index < -0.39 is 0 Å². The number of hydrogen-bond acceptors (Lipinski definition) is 6. The van der Waals surface area contributed by atoms with Crippen molar-refractivity contribution in [3.8, 4) is 0 Å². The van der Waals surface area contributed by atoms with Gasteiger partial charge < -0.3 is 10.2 Å². The van der Waals surface area contributed by atoms with Crippen LogP contribution in [0.15, 0.2) is 36.7 Å². The van der Waals surface area contributed by atoms with Crippen LogP contribution in [0.3, 0.4) is 0 Å². The molecule has 1 aromatic carbocycles. The summed E-state index contributed by atoms with van der Waals surface area (Å²) in [5, 5.41) is 2.70. The minimum atomic E-state index is -0.307. The highest BCUT2D eigenvalue weighted by atomic mass is 16.2. The zero-order valence-corrected chi connectivity index (χ0v) is 14.6. The van der Waals surface area contributed by atoms with Crippen molar-refractivity contribution in [1.82, 2.24) is 14.9 Å². The van der Waals surface area contributed by atoms with E-state index in [0.717, 1.165) is 0 Å². The van der Waals surface area contributed by atoms with Crippen molar-refractivity contribution in [3.63, 3.8) is 0 Å². The SMILES string of the molecule is CN(C)c1ncc(NC(=O)CCCN2C(=O)c3ccccc3C2=O)cn1. The number of anilines is 2. The van der Waals surface area contributed by atoms with E-state index in [1.165, 1.54) is 17.3 Å². The fraction of sp³-hybridized carbons (Fsp3) is 0.278. The van der Waals surface area contributed by atoms with Crippen LogP contribution in [-0.2, 0) is 4.79 Å². The molecule has 134 valence electrons. The molecule has 8 nitrogen and oxygen atoms in total. The Hall–Kier alpha value is -3.29. The molecule has 1 N–H and O–H groups in total. The van der Waals surface area contributed by atoms with Gasteiger partial charge >= 0.3 is 0 Å². The summed E-state index contributed by atoms with van der Waals surface area (Å²) in [7, 11) is 3.65. The first-order valence-corrected chi connectivity index (χ1v) is 8.22. The Balaban J connectivity index is 1.50. The summed E-state index contributed by atoms with van der Waals surface area (Å²) >= 11 is 0. The molecule has 0 fully saturated rings. The van der Waals surface area contributed by atoms with E-state index in [1.807, 2.05) is 14.1 Å². The van der Waals surface area contributed by atoms with Gasteiger partial charge in [-0.05, 0) is 18.6 Å². The summed E-state index contributed by atoms with van der Waals surface area (Å²) in [6, 6.07) is 6.73. The van der Waals surface area contributed by atoms with Gasteiger partial charge in [-0.15, -0.1) is 0 Å². The number of fused-ring (bicyclic) bond motifs is 1. The second kappa shape index (κ2) is 7.30. The number of carbonyl (C=O) groups is 3. The number of nitrogens with one attached hydrogen (secondary N) is 1. The number of aromatic nitrogens is 2. The Morgan fingerprint density at radius 3 is 2.19 bits per heavy atom. The van der Waals surface area contributed by atoms with E-state index in [0.29, 0.717) is 29.2 Å². The zero-order chi connectivity index (χ0) is 18.7. The van der Waals surface area contributed by atoms with Crippen LogP contribution in [0.25, 0.3) is 0 Å². The highest BCUT2D eigenvalue weighted by Crippen LogP contribution is 2.22. The fourth-order valence-corrected chi connectivity index (χ4v) is 2.68. The summed E-state index contributed by atoms with van der Waals surface area (Å²) in [5.41, 5.74) is 1.33. The third kappa shape index (κ3) is 3.53. The van der Waals surface area contributed by atoms with Crippen LogP contribution in [-0.4, -0.2) is 53.2 Å². The van der Waals surface area contributed by atoms with Gasteiger partial charge in [0.1, 0.15) is 0 Å². The van der Waals surface area contributed by atoms with Crippen molar-refractivity contribution in [3.05, 3.63) is 47.8 Å². The smallest absolute Gasteiger partial charge is 0.261 e. The predicted molar refractivity (Wildman–Crippen MR) is 96.0 cm³/mol. The van der Waals surface area contributed by atoms with Gasteiger partial charge in [0.25, 0.3) is 11.8 Å². The number of amides is 3. The maximum Gasteiger partial charge on any atom is 0.261 e. The maximum atomic E-state index is 12.2. The van der Waals surface area contributed by atoms with Crippen LogP contribution in [0, 0.1) is 0 Å². The topological polar surface area (TPSA) is 95.5 Å². The van der Waals surface area contributed by atoms with E-state index in [2.05, 4.69) is 15.3 Å². The lowest BCUT2D eigenvalue weighted by Crippen LogP contribution is -2.31. The van der Waals surface area contributed by atoms with Crippen LogP contribution in [0.2, 0.25) is 0 Å². The molecule has 26 heavy (non-hydrogen) atoms. The molecule has 0 radical (unpaired) electrons. The summed E-state index contributed by atoms with van der Waals surface area (Å²) in [6.07, 6.45) is 3.63. The minimum Gasteiger partial charge on any atom is -0.347 e. The average molecular weight is 353 g/mol. The Kier molecular flexibility index (Phi) is 4.92. The van der Waals surface area contributed by atoms with Crippen molar-refractivity contribution < 1.29 is 14.4 Å². The lowest BCUT2D eigenvalue weighted by molar-refractivity contribution is -0.116. The molecule has 2 heterocycles. The standard InChI is InChI=1S/C18H19N5O3/c1-22(2)18-19-10-12(11-20-18)21-15(24)8-5-9-23-16(25)13-6-3-4-7-14(13)17(23)26/h3-4,6-7,10-11H,5,8-9H2,1-2H3,(H,21,24). The van der Waals surface area contributed by atoms with E-state index in [1.54, 1.807) is 29.2 Å². The molecule has 0 aliphatic carbocycles. The summed E-state index contributed by atoms with van der Waals surface area (Å²) < 4.78 is 0. The monoisotopic (exact) mass is 353 g/mol. The Morgan fingerprint density at radius 1 is 1.08 bits per heavy atom. The van der Waals surface area contributed by atoms with Crippen LogP contribution in [0.5, 0.6) is 0 Å². The average Bonchev–Trinajstić information content (AvgIpc) is 2.87. The third-order valence-electron chi connectivity index (χ3n) is 3.99. The van der Waals surface area contributed by atoms with Crippen LogP contribution >= 0.6 is 0 Å². The molecule has 0 atom stereocenters. The first-order valence-electron chi connectivity index (χ1n) is 8.22. The van der Waals surface area contributed by atoms with Crippen LogP contribution < -0.4 is 10.2 Å². The van der Waals surface area contributed by atoms with Gasteiger partial charge in [0, 0.05) is 27.1 Å². The Morgan fingerprint density at radius 2 is 1.65 bits per heavy atom. The van der Waals surface area contributed by atoms with E-state index in [9.17, 15) is 14.4 Å². The number of imide groups is 1. The lowest BCUT2D eigenvalue weighted by Gasteiger charge is -2.13. The zero-order valence-electron chi connectivity index (χ0n) is 14.6. The molecule has 3 amide bonds. The van der Waals surface area contributed by atoms with Gasteiger partial charge in [-0.3, -0.25) is 19.3 Å². The van der Waals surface area contributed by atoms with E-state index in [-0.39, 0.29) is 30.7 Å². The Labute approximate surface area is 150 Å². The van der Waals surface area contributed by atoms with Gasteiger partial charge in [-0.1, -0.05) is 12.1 Å². The number of carbonyl (C=O) groups excluding carboxylic acids is 3. The molecular formula is C18H19N5O3. The minimum absolute atomic E-state index is 0.183. The number of nitrogens with zero attached hydrogens (tertiary/aromatic N) is 4. The maximum absolute atomic E-state index is 12.2. The van der Waals surface area contributed by atoms with Gasteiger partial charge in [-0.25, -0.2) is 9.97 Å². The Bertz CT molecular complexity index is 813. The van der Waals surface area contributed by atoms with Crippen LogP contribution in [0.4, 0.5) is 11.6 Å². The van der Waals surface area contributed by atoms with Crippen molar-refractivity contribution in [2.24, 2.45) is 0 Å². The molecule has 0 saturated carbocycles. The molecular weight excluding hydrogens is 334 g/mol. The van der Waals surface area contributed by atoms with Crippen molar-refractivity contribution >= 4 is 29.4 Å². The first kappa shape index (κ1) is 17.5. The molecule has 0 spiro atoms. The second-order valence-electron chi connectivity index (χ2n) is 6.13. The molecule has 1 aliphatic heterocycles. The van der Waals surface area contributed by atoms with Gasteiger partial charge in [0.05, 0.1) is 29.2 Å². The lowest BCUT2D eigenvalue weighted by atomic mass is 10.1. The van der Waals surface area contributed by atoms with Gasteiger partial charge in [-0.2, -0.15) is 0 Å². The quantitative estimate of drug-likeness (QED) is 0.792. The molecule has 8 heteroatoms. The van der Waals surface area contributed by atoms with E-state index in [4.69, 9.17) is 0 Å². The number of benzene rings is 1. The second-order valence-corrected chi connectivity index (χ2v) is 6.13. The van der Waals surface area contributed by atoms with Gasteiger partial charge in [0.15, 0.2) is 0 Å². The summed E-state index contributed by atoms with van der Waals surface area (Å²) in [5.74, 6) is -0.284. The number of hydrogen-bond donors (Lipinski definition) is 1. The van der Waals surface area contributed by atoms with Crippen molar-refractivity contribution in [2.45, 2.75) is 12.8 Å². The predicted octanol–water partition coefficient (Wildman–Crippen LogP) is 1.56. The molecule has 0 saturated heterocycles. The molecule has 2 aromatic rings. The van der Waals surface area contributed by atoms with Gasteiger partial charge in [0.2, 0.25) is 11.9 Å². The van der Waals surface area contributed by atoms with Crippen molar-refractivity contribution in [2.75, 3.05) is 30.9 Å². The highest BCUT2D eigenvalue weighted by molar-refractivity contribution is 6.21. The molecule has 1 aromatic heterocycles. The fourth-order valence-electron chi connectivity index (χ4n) is 2.68. The molecule has 1 aliphatic rings. The number of rotatable bonds is 6. The molecule has 0 bridgehead atoms.